The van der Waals surface area contributed by atoms with Crippen LogP contribution in [0.3, 0.4) is 0 Å². The summed E-state index contributed by atoms with van der Waals surface area (Å²) in [5.74, 6) is 1.51. The number of hydrogen-bond donors (Lipinski definition) is 0. The van der Waals surface area contributed by atoms with Crippen LogP contribution in [0.2, 0.25) is 0 Å². The van der Waals surface area contributed by atoms with Gasteiger partial charge in [0.25, 0.3) is 5.56 Å². The van der Waals surface area contributed by atoms with E-state index in [4.69, 9.17) is 9.72 Å². The Labute approximate surface area is 176 Å². The second-order valence-corrected chi connectivity index (χ2v) is 9.52. The van der Waals surface area contributed by atoms with E-state index in [-0.39, 0.29) is 5.56 Å². The van der Waals surface area contributed by atoms with Gasteiger partial charge in [-0.05, 0) is 55.0 Å². The van der Waals surface area contributed by atoms with Gasteiger partial charge in [-0.1, -0.05) is 6.92 Å². The average molecular weight is 424 g/mol. The fraction of sp³-hybridized carbons (Fsp3) is 0.318. The van der Waals surface area contributed by atoms with Crippen LogP contribution in [-0.4, -0.2) is 21.6 Å². The predicted octanol–water partition coefficient (Wildman–Crippen LogP) is 4.76. The number of rotatable bonds is 4. The molecule has 0 radical (unpaired) electrons. The normalized spacial score (nSPS) is 16.1. The molecule has 0 fully saturated rings. The van der Waals surface area contributed by atoms with E-state index in [0.29, 0.717) is 12.5 Å². The summed E-state index contributed by atoms with van der Waals surface area (Å²) in [5, 5.41) is 3.78. The molecule has 1 unspecified atom stereocenters. The van der Waals surface area contributed by atoms with Crippen LogP contribution in [0.1, 0.15) is 29.5 Å². The fourth-order valence-electron chi connectivity index (χ4n) is 3.90. The maximum Gasteiger partial charge on any atom is 0.262 e. The molecule has 3 heterocycles. The third-order valence-corrected chi connectivity index (χ3v) is 7.61. The van der Waals surface area contributed by atoms with Gasteiger partial charge < -0.3 is 4.74 Å². The molecule has 5 nitrogen and oxygen atoms in total. The quantitative estimate of drug-likeness (QED) is 0.475. The third-order valence-electron chi connectivity index (χ3n) is 5.50. The highest BCUT2D eigenvalue weighted by molar-refractivity contribution is 7.18. The first-order valence-electron chi connectivity index (χ1n) is 9.71. The Morgan fingerprint density at radius 1 is 1.28 bits per heavy atom. The van der Waals surface area contributed by atoms with E-state index in [1.165, 1.54) is 10.4 Å². The van der Waals surface area contributed by atoms with Gasteiger partial charge in [0.1, 0.15) is 15.6 Å². The summed E-state index contributed by atoms with van der Waals surface area (Å²) in [6.45, 7) is 2.72. The Morgan fingerprint density at radius 2 is 2.10 bits per heavy atom. The Hall–Kier alpha value is -2.51. The van der Waals surface area contributed by atoms with Gasteiger partial charge >= 0.3 is 0 Å². The maximum absolute atomic E-state index is 13.2. The van der Waals surface area contributed by atoms with E-state index < -0.39 is 0 Å². The van der Waals surface area contributed by atoms with Crippen LogP contribution >= 0.6 is 22.7 Å². The van der Waals surface area contributed by atoms with Gasteiger partial charge in [0.2, 0.25) is 0 Å². The molecule has 0 saturated heterocycles. The lowest BCUT2D eigenvalue weighted by Crippen LogP contribution is -2.22. The minimum Gasteiger partial charge on any atom is -0.497 e. The maximum atomic E-state index is 13.2. The Kier molecular flexibility index (Phi) is 4.72. The molecule has 29 heavy (non-hydrogen) atoms. The molecule has 1 aromatic carbocycles. The van der Waals surface area contributed by atoms with Crippen LogP contribution < -0.4 is 10.3 Å². The van der Waals surface area contributed by atoms with Gasteiger partial charge in [-0.2, -0.15) is 0 Å². The highest BCUT2D eigenvalue weighted by Crippen LogP contribution is 2.35. The number of aryl methyl sites for hydroxylation is 1. The lowest BCUT2D eigenvalue weighted by molar-refractivity contribution is 0.415. The number of thiophene rings is 1. The van der Waals surface area contributed by atoms with Crippen molar-refractivity contribution in [3.63, 3.8) is 0 Å². The third kappa shape index (κ3) is 3.38. The summed E-state index contributed by atoms with van der Waals surface area (Å²) >= 11 is 3.27. The fourth-order valence-corrected chi connectivity index (χ4v) is 6.06. The zero-order valence-corrected chi connectivity index (χ0v) is 18.0. The minimum atomic E-state index is 0.0565. The molecular formula is C22H21N3O2S2. The molecule has 3 aromatic heterocycles. The Balaban J connectivity index is 1.45. The summed E-state index contributed by atoms with van der Waals surface area (Å²) in [6, 6.07) is 7.86. The Morgan fingerprint density at radius 3 is 2.90 bits per heavy atom. The summed E-state index contributed by atoms with van der Waals surface area (Å²) in [6.07, 6.45) is 4.86. The highest BCUT2D eigenvalue weighted by Gasteiger charge is 2.23. The largest absolute Gasteiger partial charge is 0.497 e. The van der Waals surface area contributed by atoms with E-state index in [1.807, 2.05) is 29.6 Å². The minimum absolute atomic E-state index is 0.0565. The van der Waals surface area contributed by atoms with Crippen LogP contribution in [-0.2, 0) is 19.4 Å². The number of methoxy groups -OCH3 is 1. The molecule has 0 N–H and O–H groups in total. The first kappa shape index (κ1) is 18.5. The number of hydrogen-bond acceptors (Lipinski definition) is 6. The van der Waals surface area contributed by atoms with Crippen molar-refractivity contribution in [1.29, 1.82) is 0 Å². The molecule has 0 bridgehead atoms. The first-order valence-corrected chi connectivity index (χ1v) is 11.4. The van der Waals surface area contributed by atoms with Crippen LogP contribution in [0.15, 0.2) is 40.8 Å². The second kappa shape index (κ2) is 7.39. The summed E-state index contributed by atoms with van der Waals surface area (Å²) in [5.41, 5.74) is 3.21. The molecule has 5 rings (SSSR count). The molecule has 1 aliphatic carbocycles. The smallest absolute Gasteiger partial charge is 0.262 e. The molecule has 1 aliphatic rings. The van der Waals surface area contributed by atoms with Crippen molar-refractivity contribution >= 4 is 32.9 Å². The van der Waals surface area contributed by atoms with E-state index in [0.717, 1.165) is 51.5 Å². The number of ether oxygens (including phenoxy) is 1. The summed E-state index contributed by atoms with van der Waals surface area (Å²) < 4.78 is 6.91. The summed E-state index contributed by atoms with van der Waals surface area (Å²) in [7, 11) is 1.66. The SMILES string of the molecule is COc1ccc(-c2nc(Cn3cnc4sc5c(c4c3=O)CCC(C)C5)cs2)cc1. The van der Waals surface area contributed by atoms with Gasteiger partial charge in [-0.3, -0.25) is 9.36 Å². The zero-order chi connectivity index (χ0) is 20.0. The van der Waals surface area contributed by atoms with Gasteiger partial charge in [-0.25, -0.2) is 9.97 Å². The molecule has 1 atom stereocenters. The van der Waals surface area contributed by atoms with Crippen molar-refractivity contribution in [2.75, 3.05) is 7.11 Å². The van der Waals surface area contributed by atoms with E-state index >= 15 is 0 Å². The lowest BCUT2D eigenvalue weighted by Gasteiger charge is -2.17. The standard InChI is InChI=1S/C22H21N3O2S2/c1-13-3-8-17-18(9-13)29-21-19(17)22(26)25(12-23-21)10-15-11-28-20(24-15)14-4-6-16(27-2)7-5-14/h4-7,11-13H,3,8-10H2,1-2H3. The van der Waals surface area contributed by atoms with E-state index in [1.54, 1.807) is 40.7 Å². The van der Waals surface area contributed by atoms with Gasteiger partial charge in [0, 0.05) is 15.8 Å². The zero-order valence-electron chi connectivity index (χ0n) is 16.3. The summed E-state index contributed by atoms with van der Waals surface area (Å²) in [4.78, 5) is 24.7. The number of nitrogens with zero attached hydrogens (tertiary/aromatic N) is 3. The number of fused-ring (bicyclic) bond motifs is 3. The number of aromatic nitrogens is 3. The van der Waals surface area contributed by atoms with Crippen molar-refractivity contribution in [1.82, 2.24) is 14.5 Å². The first-order chi connectivity index (χ1) is 14.1. The molecule has 4 aromatic rings. The molecule has 148 valence electrons. The lowest BCUT2D eigenvalue weighted by atomic mass is 9.89. The van der Waals surface area contributed by atoms with Crippen molar-refractivity contribution in [2.24, 2.45) is 5.92 Å². The monoisotopic (exact) mass is 423 g/mol. The molecule has 0 spiro atoms. The average Bonchev–Trinajstić information content (AvgIpc) is 3.34. The van der Waals surface area contributed by atoms with Gasteiger partial charge in [-0.15, -0.1) is 22.7 Å². The van der Waals surface area contributed by atoms with Crippen LogP contribution in [0.4, 0.5) is 0 Å². The molecule has 7 heteroatoms. The number of thiazole rings is 1. The Bertz CT molecular complexity index is 1240. The van der Waals surface area contributed by atoms with Gasteiger partial charge in [0.15, 0.2) is 0 Å². The predicted molar refractivity (Wildman–Crippen MR) is 118 cm³/mol. The number of benzene rings is 1. The van der Waals surface area contributed by atoms with Crippen molar-refractivity contribution in [3.8, 4) is 16.3 Å². The molecule has 0 saturated carbocycles. The molecular weight excluding hydrogens is 402 g/mol. The molecule has 0 aliphatic heterocycles. The van der Waals surface area contributed by atoms with Crippen LogP contribution in [0.25, 0.3) is 20.8 Å². The van der Waals surface area contributed by atoms with Crippen molar-refractivity contribution < 1.29 is 4.74 Å². The van der Waals surface area contributed by atoms with Crippen LogP contribution in [0, 0.1) is 5.92 Å². The second-order valence-electron chi connectivity index (χ2n) is 7.58. The highest BCUT2D eigenvalue weighted by atomic mass is 32.1. The van der Waals surface area contributed by atoms with E-state index in [9.17, 15) is 4.79 Å². The van der Waals surface area contributed by atoms with Crippen molar-refractivity contribution in [2.45, 2.75) is 32.7 Å². The topological polar surface area (TPSA) is 57.0 Å². The van der Waals surface area contributed by atoms with E-state index in [2.05, 4.69) is 11.9 Å². The van der Waals surface area contributed by atoms with Crippen molar-refractivity contribution in [3.05, 3.63) is 62.5 Å². The molecule has 0 amide bonds. The van der Waals surface area contributed by atoms with Crippen LogP contribution in [0.5, 0.6) is 5.75 Å². The van der Waals surface area contributed by atoms with Gasteiger partial charge in [0.05, 0.1) is 31.1 Å².